The molecule has 0 saturated heterocycles. The molecule has 1 aromatic carbocycles. The van der Waals surface area contributed by atoms with Gasteiger partial charge in [-0.15, -0.1) is 11.3 Å². The highest BCUT2D eigenvalue weighted by molar-refractivity contribution is 9.10. The number of nitrogens with one attached hydrogen (secondary N) is 1. The van der Waals surface area contributed by atoms with Crippen molar-refractivity contribution >= 4 is 55.7 Å². The summed E-state index contributed by atoms with van der Waals surface area (Å²) >= 11 is 10.9. The largest absolute Gasteiger partial charge is 0.466 e. The van der Waals surface area contributed by atoms with Crippen LogP contribution < -0.4 is 5.32 Å². The van der Waals surface area contributed by atoms with Crippen molar-refractivity contribution < 1.29 is 9.53 Å². The molecule has 2 rings (SSSR count). The van der Waals surface area contributed by atoms with Crippen molar-refractivity contribution in [2.24, 2.45) is 0 Å². The highest BCUT2D eigenvalue weighted by Gasteiger charge is 2.08. The number of nitrogens with zero attached hydrogens (tertiary/aromatic N) is 1. The molecule has 0 aliphatic carbocycles. The molecule has 4 nitrogen and oxygen atoms in total. The molecule has 0 bridgehead atoms. The third-order valence-electron chi connectivity index (χ3n) is 2.61. The first-order chi connectivity index (χ1) is 10.1. The lowest BCUT2D eigenvalue weighted by Crippen LogP contribution is -2.05. The van der Waals surface area contributed by atoms with Crippen molar-refractivity contribution in [1.82, 2.24) is 4.98 Å². The fourth-order valence-electron chi connectivity index (χ4n) is 1.65. The zero-order valence-electron chi connectivity index (χ0n) is 11.4. The van der Waals surface area contributed by atoms with E-state index in [9.17, 15) is 4.79 Å². The highest BCUT2D eigenvalue weighted by Crippen LogP contribution is 2.30. The quantitative estimate of drug-likeness (QED) is 0.721. The van der Waals surface area contributed by atoms with E-state index in [1.165, 1.54) is 11.3 Å². The zero-order chi connectivity index (χ0) is 15.2. The molecule has 0 fully saturated rings. The second kappa shape index (κ2) is 7.77. The summed E-state index contributed by atoms with van der Waals surface area (Å²) in [5.41, 5.74) is 1.72. The number of esters is 1. The lowest BCUT2D eigenvalue weighted by atomic mass is 10.2. The Morgan fingerprint density at radius 2 is 2.33 bits per heavy atom. The van der Waals surface area contributed by atoms with Gasteiger partial charge < -0.3 is 10.1 Å². The molecule has 0 amide bonds. The predicted octanol–water partition coefficient (Wildman–Crippen LogP) is 4.80. The first kappa shape index (κ1) is 16.3. The molecule has 0 atom stereocenters. The van der Waals surface area contributed by atoms with Crippen LogP contribution in [0.2, 0.25) is 5.02 Å². The molecule has 0 aliphatic heterocycles. The standard InChI is InChI=1S/C14H14BrClN2O2S/c1-2-20-13(19)6-4-10-8-21-14(17-10)18-12-7-9(16)3-5-11(12)15/h3,5,7-8H,2,4,6H2,1H3,(H,17,18). The number of thiazole rings is 1. The molecule has 7 heteroatoms. The van der Waals surface area contributed by atoms with Gasteiger partial charge in [0.25, 0.3) is 0 Å². The van der Waals surface area contributed by atoms with Crippen molar-refractivity contribution in [2.45, 2.75) is 19.8 Å². The van der Waals surface area contributed by atoms with E-state index in [0.717, 1.165) is 21.0 Å². The molecule has 0 spiro atoms. The summed E-state index contributed by atoms with van der Waals surface area (Å²) in [6, 6.07) is 5.51. The number of rotatable bonds is 6. The van der Waals surface area contributed by atoms with Gasteiger partial charge in [-0.3, -0.25) is 4.79 Å². The van der Waals surface area contributed by atoms with E-state index in [-0.39, 0.29) is 5.97 Å². The van der Waals surface area contributed by atoms with Gasteiger partial charge in [-0.2, -0.15) is 0 Å². The summed E-state index contributed by atoms with van der Waals surface area (Å²) < 4.78 is 5.81. The van der Waals surface area contributed by atoms with Gasteiger partial charge in [0.05, 0.1) is 24.4 Å². The van der Waals surface area contributed by atoms with Crippen LogP contribution in [0.25, 0.3) is 0 Å². The Morgan fingerprint density at radius 3 is 3.10 bits per heavy atom. The fourth-order valence-corrected chi connectivity index (χ4v) is 2.93. The number of carbonyl (C=O) groups is 1. The zero-order valence-corrected chi connectivity index (χ0v) is 14.5. The average molecular weight is 390 g/mol. The number of hydrogen-bond donors (Lipinski definition) is 1. The second-order valence-electron chi connectivity index (χ2n) is 4.20. The monoisotopic (exact) mass is 388 g/mol. The van der Waals surface area contributed by atoms with Crippen LogP contribution in [-0.4, -0.2) is 17.6 Å². The number of halogens is 2. The van der Waals surface area contributed by atoms with E-state index >= 15 is 0 Å². The Morgan fingerprint density at radius 1 is 1.52 bits per heavy atom. The van der Waals surface area contributed by atoms with Gasteiger partial charge in [0.2, 0.25) is 0 Å². The first-order valence-electron chi connectivity index (χ1n) is 6.40. The maximum absolute atomic E-state index is 11.3. The summed E-state index contributed by atoms with van der Waals surface area (Å²) in [6.45, 7) is 2.21. The van der Waals surface area contributed by atoms with Crippen LogP contribution in [0.15, 0.2) is 28.1 Å². The molecular formula is C14H14BrClN2O2S. The molecule has 0 aliphatic rings. The van der Waals surface area contributed by atoms with Gasteiger partial charge in [-0.1, -0.05) is 11.6 Å². The Balaban J connectivity index is 1.97. The average Bonchev–Trinajstić information content (AvgIpc) is 2.89. The smallest absolute Gasteiger partial charge is 0.306 e. The Bertz CT molecular complexity index is 633. The number of aromatic nitrogens is 1. The number of anilines is 2. The van der Waals surface area contributed by atoms with Gasteiger partial charge in [0.1, 0.15) is 0 Å². The van der Waals surface area contributed by atoms with Gasteiger partial charge in [0.15, 0.2) is 5.13 Å². The molecule has 1 aromatic heterocycles. The minimum Gasteiger partial charge on any atom is -0.466 e. The predicted molar refractivity (Wildman–Crippen MR) is 89.5 cm³/mol. The fraction of sp³-hybridized carbons (Fsp3) is 0.286. The number of hydrogen-bond acceptors (Lipinski definition) is 5. The van der Waals surface area contributed by atoms with Crippen molar-refractivity contribution in [3.63, 3.8) is 0 Å². The maximum atomic E-state index is 11.3. The molecule has 1 heterocycles. The van der Waals surface area contributed by atoms with E-state index in [0.29, 0.717) is 24.5 Å². The second-order valence-corrected chi connectivity index (χ2v) is 6.35. The Labute approximate surface area is 140 Å². The minimum absolute atomic E-state index is 0.197. The van der Waals surface area contributed by atoms with Crippen LogP contribution in [0.1, 0.15) is 19.0 Å². The molecule has 1 N–H and O–H groups in total. The molecule has 0 saturated carbocycles. The highest BCUT2D eigenvalue weighted by atomic mass is 79.9. The van der Waals surface area contributed by atoms with E-state index in [1.807, 2.05) is 23.6 Å². The maximum Gasteiger partial charge on any atom is 0.306 e. The number of carbonyl (C=O) groups excluding carboxylic acids is 1. The van der Waals surface area contributed by atoms with Gasteiger partial charge in [-0.25, -0.2) is 4.98 Å². The van der Waals surface area contributed by atoms with Crippen molar-refractivity contribution in [1.29, 1.82) is 0 Å². The van der Waals surface area contributed by atoms with Crippen molar-refractivity contribution in [3.05, 3.63) is 38.8 Å². The van der Waals surface area contributed by atoms with Crippen LogP contribution in [0.4, 0.5) is 10.8 Å². The van der Waals surface area contributed by atoms with E-state index in [1.54, 1.807) is 6.92 Å². The van der Waals surface area contributed by atoms with Gasteiger partial charge in [-0.05, 0) is 41.1 Å². The number of benzene rings is 1. The van der Waals surface area contributed by atoms with E-state index in [2.05, 4.69) is 26.2 Å². The van der Waals surface area contributed by atoms with Crippen LogP contribution in [0, 0.1) is 0 Å². The third-order valence-corrected chi connectivity index (χ3v) is 4.35. The molecule has 2 aromatic rings. The van der Waals surface area contributed by atoms with E-state index in [4.69, 9.17) is 16.3 Å². The van der Waals surface area contributed by atoms with Crippen LogP contribution in [-0.2, 0) is 16.0 Å². The van der Waals surface area contributed by atoms with Gasteiger partial charge in [0, 0.05) is 21.3 Å². The lowest BCUT2D eigenvalue weighted by molar-refractivity contribution is -0.143. The molecule has 0 radical (unpaired) electrons. The Kier molecular flexibility index (Phi) is 6.02. The molecule has 21 heavy (non-hydrogen) atoms. The summed E-state index contributed by atoms with van der Waals surface area (Å²) in [4.78, 5) is 15.8. The van der Waals surface area contributed by atoms with Crippen molar-refractivity contribution in [3.8, 4) is 0 Å². The van der Waals surface area contributed by atoms with E-state index < -0.39 is 0 Å². The normalized spacial score (nSPS) is 10.4. The number of ether oxygens (including phenoxy) is 1. The van der Waals surface area contributed by atoms with Crippen LogP contribution in [0.5, 0.6) is 0 Å². The summed E-state index contributed by atoms with van der Waals surface area (Å²) in [6.07, 6.45) is 0.922. The third kappa shape index (κ3) is 4.98. The first-order valence-corrected chi connectivity index (χ1v) is 8.45. The van der Waals surface area contributed by atoms with Gasteiger partial charge >= 0.3 is 5.97 Å². The number of aryl methyl sites for hydroxylation is 1. The summed E-state index contributed by atoms with van der Waals surface area (Å²) in [5, 5.41) is 6.55. The summed E-state index contributed by atoms with van der Waals surface area (Å²) in [7, 11) is 0. The topological polar surface area (TPSA) is 51.2 Å². The summed E-state index contributed by atoms with van der Waals surface area (Å²) in [5.74, 6) is -0.197. The Hall–Kier alpha value is -1.11. The molecule has 0 unspecified atom stereocenters. The van der Waals surface area contributed by atoms with Crippen molar-refractivity contribution in [2.75, 3.05) is 11.9 Å². The minimum atomic E-state index is -0.197. The molecular weight excluding hydrogens is 376 g/mol. The van der Waals surface area contributed by atoms with Crippen LogP contribution >= 0.6 is 38.9 Å². The SMILES string of the molecule is CCOC(=O)CCc1csc(Nc2cc(Cl)ccc2Br)n1. The van der Waals surface area contributed by atoms with Crippen LogP contribution in [0.3, 0.4) is 0 Å². The molecule has 112 valence electrons. The lowest BCUT2D eigenvalue weighted by Gasteiger charge is -2.05.